The first kappa shape index (κ1) is 18.5. The molecule has 7 heteroatoms. The van der Waals surface area contributed by atoms with E-state index in [1.54, 1.807) is 22.0 Å². The predicted molar refractivity (Wildman–Crippen MR) is 114 cm³/mol. The maximum atomic E-state index is 13.1. The molecule has 2 aromatic heterocycles. The zero-order chi connectivity index (χ0) is 19.3. The fourth-order valence-electron chi connectivity index (χ4n) is 2.79. The lowest BCUT2D eigenvalue weighted by molar-refractivity contribution is -0.118. The molecular weight excluding hydrogens is 390 g/mol. The first-order chi connectivity index (χ1) is 13.7. The van der Waals surface area contributed by atoms with Crippen molar-refractivity contribution in [3.05, 3.63) is 87.3 Å². The second kappa shape index (κ2) is 8.41. The van der Waals surface area contributed by atoms with Crippen LogP contribution in [0.5, 0.6) is 0 Å². The highest BCUT2D eigenvalue weighted by molar-refractivity contribution is 7.99. The van der Waals surface area contributed by atoms with Gasteiger partial charge >= 0.3 is 0 Å². The molecule has 0 unspecified atom stereocenters. The molecule has 28 heavy (non-hydrogen) atoms. The van der Waals surface area contributed by atoms with Crippen LogP contribution in [0.3, 0.4) is 0 Å². The highest BCUT2D eigenvalue weighted by Gasteiger charge is 2.14. The van der Waals surface area contributed by atoms with Gasteiger partial charge in [0.1, 0.15) is 0 Å². The molecular formula is C21H17N3O2S2. The third-order valence-electron chi connectivity index (χ3n) is 4.13. The molecule has 0 aliphatic carbocycles. The SMILES string of the molecule is O=C(CSc1nc2ccccc2c(=O)n1-c1ccccc1)NCc1cccs1. The van der Waals surface area contributed by atoms with Crippen molar-refractivity contribution in [1.29, 1.82) is 0 Å². The molecule has 4 aromatic rings. The minimum Gasteiger partial charge on any atom is -0.350 e. The Morgan fingerprint density at radius 1 is 1.04 bits per heavy atom. The van der Waals surface area contributed by atoms with Gasteiger partial charge in [-0.2, -0.15) is 0 Å². The molecule has 0 saturated heterocycles. The number of nitrogens with zero attached hydrogens (tertiary/aromatic N) is 2. The van der Waals surface area contributed by atoms with Gasteiger partial charge in [-0.25, -0.2) is 4.98 Å². The number of aromatic nitrogens is 2. The Hall–Kier alpha value is -2.90. The van der Waals surface area contributed by atoms with E-state index in [2.05, 4.69) is 10.3 Å². The zero-order valence-electron chi connectivity index (χ0n) is 14.9. The number of nitrogens with one attached hydrogen (secondary N) is 1. The van der Waals surface area contributed by atoms with Crippen molar-refractivity contribution >= 4 is 39.9 Å². The number of carbonyl (C=O) groups excluding carboxylic acids is 1. The third-order valence-corrected chi connectivity index (χ3v) is 5.95. The average Bonchev–Trinajstić information content (AvgIpc) is 3.25. The van der Waals surface area contributed by atoms with Crippen LogP contribution in [0.2, 0.25) is 0 Å². The minimum atomic E-state index is -0.140. The van der Waals surface area contributed by atoms with Crippen LogP contribution in [-0.4, -0.2) is 21.2 Å². The highest BCUT2D eigenvalue weighted by atomic mass is 32.2. The predicted octanol–water partition coefficient (Wildman–Crippen LogP) is 3.86. The van der Waals surface area contributed by atoms with Crippen LogP contribution in [0.4, 0.5) is 0 Å². The standard InChI is InChI=1S/C21H17N3O2S2/c25-19(22-13-16-9-6-12-27-16)14-28-21-23-18-11-5-4-10-17(18)20(26)24(21)15-7-2-1-3-8-15/h1-12H,13-14H2,(H,22,25). The summed E-state index contributed by atoms with van der Waals surface area (Å²) in [6, 6.07) is 20.6. The van der Waals surface area contributed by atoms with Crippen molar-refractivity contribution < 1.29 is 4.79 Å². The first-order valence-electron chi connectivity index (χ1n) is 8.71. The van der Waals surface area contributed by atoms with Crippen molar-refractivity contribution in [2.45, 2.75) is 11.7 Å². The van der Waals surface area contributed by atoms with Crippen LogP contribution in [0, 0.1) is 0 Å². The highest BCUT2D eigenvalue weighted by Crippen LogP contribution is 2.21. The van der Waals surface area contributed by atoms with E-state index in [1.165, 1.54) is 11.8 Å². The molecule has 0 radical (unpaired) electrons. The Kier molecular flexibility index (Phi) is 5.55. The summed E-state index contributed by atoms with van der Waals surface area (Å²) in [6.45, 7) is 0.508. The number of hydrogen-bond acceptors (Lipinski definition) is 5. The molecule has 2 aromatic carbocycles. The Labute approximate surface area is 170 Å². The van der Waals surface area contributed by atoms with E-state index < -0.39 is 0 Å². The Morgan fingerprint density at radius 3 is 2.61 bits per heavy atom. The fourth-order valence-corrected chi connectivity index (χ4v) is 4.28. The number of fused-ring (bicyclic) bond motifs is 1. The Balaban J connectivity index is 1.62. The maximum absolute atomic E-state index is 13.1. The quantitative estimate of drug-likeness (QED) is 0.389. The topological polar surface area (TPSA) is 64.0 Å². The van der Waals surface area contributed by atoms with Gasteiger partial charge < -0.3 is 5.32 Å². The molecule has 0 bridgehead atoms. The van der Waals surface area contributed by atoms with Gasteiger partial charge in [0.2, 0.25) is 5.91 Å². The van der Waals surface area contributed by atoms with Crippen LogP contribution >= 0.6 is 23.1 Å². The lowest BCUT2D eigenvalue weighted by Crippen LogP contribution is -2.26. The van der Waals surface area contributed by atoms with Crippen molar-refractivity contribution in [1.82, 2.24) is 14.9 Å². The molecule has 1 amide bonds. The molecule has 0 spiro atoms. The average molecular weight is 408 g/mol. The molecule has 0 saturated carbocycles. The van der Waals surface area contributed by atoms with Crippen LogP contribution in [0.15, 0.2) is 82.1 Å². The number of para-hydroxylation sites is 2. The molecule has 0 aliphatic rings. The van der Waals surface area contributed by atoms with Crippen molar-refractivity contribution in [3.8, 4) is 5.69 Å². The molecule has 140 valence electrons. The summed E-state index contributed by atoms with van der Waals surface area (Å²) in [4.78, 5) is 31.1. The number of thiophene rings is 1. The summed E-state index contributed by atoms with van der Waals surface area (Å²) >= 11 is 2.86. The molecule has 5 nitrogen and oxygen atoms in total. The van der Waals surface area contributed by atoms with Gasteiger partial charge in [0.05, 0.1) is 28.9 Å². The Morgan fingerprint density at radius 2 is 1.82 bits per heavy atom. The van der Waals surface area contributed by atoms with Crippen molar-refractivity contribution in [2.24, 2.45) is 0 Å². The summed E-state index contributed by atoms with van der Waals surface area (Å²) in [5.74, 6) is 0.0867. The normalized spacial score (nSPS) is 10.9. The number of amides is 1. The molecule has 0 atom stereocenters. The summed E-state index contributed by atoms with van der Waals surface area (Å²) in [5, 5.41) is 5.94. The van der Waals surface area contributed by atoms with Gasteiger partial charge in [0.25, 0.3) is 5.56 Å². The molecule has 2 heterocycles. The fraction of sp³-hybridized carbons (Fsp3) is 0.0952. The molecule has 0 aliphatic heterocycles. The second-order valence-corrected chi connectivity index (χ2v) is 8.01. The van der Waals surface area contributed by atoms with E-state index in [-0.39, 0.29) is 17.2 Å². The van der Waals surface area contributed by atoms with Crippen LogP contribution in [0.1, 0.15) is 4.88 Å². The largest absolute Gasteiger partial charge is 0.350 e. The molecule has 0 fully saturated rings. The van der Waals surface area contributed by atoms with Crippen molar-refractivity contribution in [3.63, 3.8) is 0 Å². The lowest BCUT2D eigenvalue weighted by atomic mass is 10.2. The number of rotatable bonds is 6. The van der Waals surface area contributed by atoms with Crippen LogP contribution < -0.4 is 10.9 Å². The van der Waals surface area contributed by atoms with Gasteiger partial charge in [0, 0.05) is 4.88 Å². The van der Waals surface area contributed by atoms with Crippen LogP contribution in [0.25, 0.3) is 16.6 Å². The number of hydrogen-bond donors (Lipinski definition) is 1. The summed E-state index contributed by atoms with van der Waals surface area (Å²) in [7, 11) is 0. The minimum absolute atomic E-state index is 0.0968. The first-order valence-corrected chi connectivity index (χ1v) is 10.6. The van der Waals surface area contributed by atoms with Gasteiger partial charge in [-0.3, -0.25) is 14.2 Å². The Bertz CT molecular complexity index is 1160. The lowest BCUT2D eigenvalue weighted by Gasteiger charge is -2.13. The smallest absolute Gasteiger partial charge is 0.266 e. The van der Waals surface area contributed by atoms with E-state index in [0.717, 1.165) is 10.6 Å². The zero-order valence-corrected chi connectivity index (χ0v) is 16.5. The van der Waals surface area contributed by atoms with E-state index in [4.69, 9.17) is 0 Å². The number of thioether (sulfide) groups is 1. The molecule has 1 N–H and O–H groups in total. The monoisotopic (exact) mass is 407 g/mol. The van der Waals surface area contributed by atoms with E-state index in [1.807, 2.05) is 66.0 Å². The van der Waals surface area contributed by atoms with Gasteiger partial charge in [-0.05, 0) is 35.7 Å². The van der Waals surface area contributed by atoms with Gasteiger partial charge in [-0.15, -0.1) is 11.3 Å². The van der Waals surface area contributed by atoms with Gasteiger partial charge in [0.15, 0.2) is 5.16 Å². The van der Waals surface area contributed by atoms with E-state index in [0.29, 0.717) is 22.6 Å². The second-order valence-electron chi connectivity index (χ2n) is 6.03. The molecule has 4 rings (SSSR count). The summed E-state index contributed by atoms with van der Waals surface area (Å²) in [5.41, 5.74) is 1.21. The van der Waals surface area contributed by atoms with Gasteiger partial charge in [-0.1, -0.05) is 48.2 Å². The number of benzene rings is 2. The van der Waals surface area contributed by atoms with E-state index in [9.17, 15) is 9.59 Å². The van der Waals surface area contributed by atoms with E-state index >= 15 is 0 Å². The third kappa shape index (κ3) is 4.00. The summed E-state index contributed by atoms with van der Waals surface area (Å²) in [6.07, 6.45) is 0. The maximum Gasteiger partial charge on any atom is 0.266 e. The summed E-state index contributed by atoms with van der Waals surface area (Å²) < 4.78 is 1.57. The number of carbonyl (C=O) groups is 1. The van der Waals surface area contributed by atoms with Crippen molar-refractivity contribution in [2.75, 3.05) is 5.75 Å². The van der Waals surface area contributed by atoms with Crippen LogP contribution in [-0.2, 0) is 11.3 Å².